The maximum absolute atomic E-state index is 10.6. The topological polar surface area (TPSA) is 80.0 Å². The number of nitrogens with one attached hydrogen (secondary N) is 1. The number of nitrogens with zero attached hydrogens (tertiary/aromatic N) is 3. The maximum Gasteiger partial charge on any atom is 0.358 e. The van der Waals surface area contributed by atoms with Crippen molar-refractivity contribution in [3.05, 3.63) is 11.9 Å². The number of rotatable bonds is 6. The predicted molar refractivity (Wildman–Crippen MR) is 66.4 cm³/mol. The minimum atomic E-state index is -1.03. The van der Waals surface area contributed by atoms with Gasteiger partial charge in [-0.1, -0.05) is 25.0 Å². The van der Waals surface area contributed by atoms with Crippen LogP contribution in [0.1, 0.15) is 36.7 Å². The van der Waals surface area contributed by atoms with Crippen molar-refractivity contribution >= 4 is 5.97 Å². The third-order valence-electron chi connectivity index (χ3n) is 3.72. The zero-order valence-corrected chi connectivity index (χ0v) is 10.7. The fourth-order valence-corrected chi connectivity index (χ4v) is 2.51. The molecule has 1 aromatic heterocycles. The zero-order valence-electron chi connectivity index (χ0n) is 10.7. The van der Waals surface area contributed by atoms with Gasteiger partial charge in [0.25, 0.3) is 0 Å². The Morgan fingerprint density at radius 3 is 3.06 bits per heavy atom. The molecule has 0 spiro atoms. The number of aromatic carboxylic acids is 1. The summed E-state index contributed by atoms with van der Waals surface area (Å²) in [5.41, 5.74) is -0.000542. The summed E-state index contributed by atoms with van der Waals surface area (Å²) in [6, 6.07) is 0. The lowest BCUT2D eigenvalue weighted by molar-refractivity contribution is 0.0690. The molecule has 0 saturated heterocycles. The fraction of sp³-hybridized carbons (Fsp3) is 0.750. The normalized spacial score (nSPS) is 23.4. The molecule has 1 saturated carbocycles. The highest BCUT2D eigenvalue weighted by atomic mass is 16.4. The second kappa shape index (κ2) is 5.95. The van der Waals surface area contributed by atoms with Gasteiger partial charge >= 0.3 is 5.97 Å². The average Bonchev–Trinajstić information content (AvgIpc) is 2.94. The van der Waals surface area contributed by atoms with Gasteiger partial charge in [0.2, 0.25) is 0 Å². The summed E-state index contributed by atoms with van der Waals surface area (Å²) in [6.07, 6.45) is 5.47. The maximum atomic E-state index is 10.6. The van der Waals surface area contributed by atoms with E-state index in [4.69, 9.17) is 5.11 Å². The molecule has 0 radical (unpaired) electrons. The molecule has 2 N–H and O–H groups in total. The van der Waals surface area contributed by atoms with Crippen LogP contribution in [0.15, 0.2) is 6.20 Å². The number of carboxylic acids is 1. The Hall–Kier alpha value is -1.43. The van der Waals surface area contributed by atoms with E-state index in [2.05, 4.69) is 22.6 Å². The van der Waals surface area contributed by atoms with Crippen LogP contribution in [0.4, 0.5) is 0 Å². The van der Waals surface area contributed by atoms with Crippen LogP contribution in [0.3, 0.4) is 0 Å². The number of aromatic nitrogens is 3. The highest BCUT2D eigenvalue weighted by Gasteiger charge is 2.22. The standard InChI is InChI=1S/C12H20N4O2/c1-9-3-2-4-10(9)7-13-5-6-16-8-11(12(17)18)14-15-16/h8-10,13H,2-7H2,1H3,(H,17,18). The Bertz CT molecular complexity index is 405. The van der Waals surface area contributed by atoms with Gasteiger partial charge in [0.05, 0.1) is 12.7 Å². The molecule has 0 aliphatic heterocycles. The third-order valence-corrected chi connectivity index (χ3v) is 3.72. The second-order valence-corrected chi connectivity index (χ2v) is 5.04. The summed E-state index contributed by atoms with van der Waals surface area (Å²) < 4.78 is 1.56. The first-order valence-corrected chi connectivity index (χ1v) is 6.51. The van der Waals surface area contributed by atoms with Crippen molar-refractivity contribution in [2.75, 3.05) is 13.1 Å². The van der Waals surface area contributed by atoms with Crippen LogP contribution in [0.5, 0.6) is 0 Å². The Morgan fingerprint density at radius 1 is 1.61 bits per heavy atom. The fourth-order valence-electron chi connectivity index (χ4n) is 2.51. The van der Waals surface area contributed by atoms with Crippen molar-refractivity contribution < 1.29 is 9.90 Å². The molecule has 0 amide bonds. The van der Waals surface area contributed by atoms with Crippen LogP contribution in [0.25, 0.3) is 0 Å². The average molecular weight is 252 g/mol. The van der Waals surface area contributed by atoms with Gasteiger partial charge in [-0.05, 0) is 24.8 Å². The van der Waals surface area contributed by atoms with Crippen LogP contribution >= 0.6 is 0 Å². The molecule has 0 aromatic carbocycles. The van der Waals surface area contributed by atoms with Gasteiger partial charge in [0.15, 0.2) is 5.69 Å². The van der Waals surface area contributed by atoms with Gasteiger partial charge in [-0.3, -0.25) is 4.68 Å². The molecule has 2 rings (SSSR count). The van der Waals surface area contributed by atoms with Crippen molar-refractivity contribution in [2.24, 2.45) is 11.8 Å². The van der Waals surface area contributed by atoms with Crippen LogP contribution in [-0.4, -0.2) is 39.2 Å². The van der Waals surface area contributed by atoms with E-state index in [0.717, 1.165) is 24.9 Å². The van der Waals surface area contributed by atoms with Gasteiger partial charge < -0.3 is 10.4 Å². The molecular formula is C12H20N4O2. The van der Waals surface area contributed by atoms with E-state index in [0.29, 0.717) is 6.54 Å². The van der Waals surface area contributed by atoms with Crippen LogP contribution in [0, 0.1) is 11.8 Å². The van der Waals surface area contributed by atoms with Crippen LogP contribution in [0.2, 0.25) is 0 Å². The molecule has 1 aliphatic carbocycles. The quantitative estimate of drug-likeness (QED) is 0.738. The Balaban J connectivity index is 1.67. The first-order chi connectivity index (χ1) is 8.66. The lowest BCUT2D eigenvalue weighted by atomic mass is 9.98. The van der Waals surface area contributed by atoms with E-state index in [-0.39, 0.29) is 5.69 Å². The van der Waals surface area contributed by atoms with Gasteiger partial charge in [0.1, 0.15) is 0 Å². The van der Waals surface area contributed by atoms with Gasteiger partial charge in [-0.15, -0.1) is 5.10 Å². The summed E-state index contributed by atoms with van der Waals surface area (Å²) in [6.45, 7) is 4.81. The summed E-state index contributed by atoms with van der Waals surface area (Å²) >= 11 is 0. The Morgan fingerprint density at radius 2 is 2.44 bits per heavy atom. The van der Waals surface area contributed by atoms with E-state index < -0.39 is 5.97 Å². The molecule has 18 heavy (non-hydrogen) atoms. The Labute approximate surface area is 106 Å². The third kappa shape index (κ3) is 3.29. The summed E-state index contributed by atoms with van der Waals surface area (Å²) in [4.78, 5) is 10.6. The van der Waals surface area contributed by atoms with Crippen molar-refractivity contribution in [3.8, 4) is 0 Å². The van der Waals surface area contributed by atoms with Crippen LogP contribution in [-0.2, 0) is 6.54 Å². The molecule has 0 bridgehead atoms. The SMILES string of the molecule is CC1CCCC1CNCCn1cc(C(=O)O)nn1. The summed E-state index contributed by atoms with van der Waals surface area (Å²) in [5, 5.41) is 19.5. The minimum absolute atomic E-state index is 0.000542. The summed E-state index contributed by atoms with van der Waals surface area (Å²) in [5.74, 6) is 0.576. The number of hydrogen-bond donors (Lipinski definition) is 2. The van der Waals surface area contributed by atoms with Gasteiger partial charge in [-0.2, -0.15) is 0 Å². The number of carboxylic acid groups (broad SMARTS) is 1. The molecular weight excluding hydrogens is 232 g/mol. The monoisotopic (exact) mass is 252 g/mol. The lowest BCUT2D eigenvalue weighted by Gasteiger charge is -2.15. The molecule has 6 heteroatoms. The predicted octanol–water partition coefficient (Wildman–Crippen LogP) is 1.00. The van der Waals surface area contributed by atoms with E-state index in [1.807, 2.05) is 0 Å². The van der Waals surface area contributed by atoms with Crippen molar-refractivity contribution in [3.63, 3.8) is 0 Å². The molecule has 1 aromatic rings. The minimum Gasteiger partial charge on any atom is -0.476 e. The summed E-state index contributed by atoms with van der Waals surface area (Å²) in [7, 11) is 0. The molecule has 2 atom stereocenters. The van der Waals surface area contributed by atoms with Gasteiger partial charge in [0, 0.05) is 6.54 Å². The highest BCUT2D eigenvalue weighted by molar-refractivity contribution is 5.84. The molecule has 100 valence electrons. The first-order valence-electron chi connectivity index (χ1n) is 6.51. The largest absolute Gasteiger partial charge is 0.476 e. The van der Waals surface area contributed by atoms with E-state index in [1.165, 1.54) is 25.5 Å². The van der Waals surface area contributed by atoms with Crippen LogP contribution < -0.4 is 5.32 Å². The van der Waals surface area contributed by atoms with E-state index >= 15 is 0 Å². The molecule has 1 heterocycles. The zero-order chi connectivity index (χ0) is 13.0. The Kier molecular flexibility index (Phi) is 4.30. The number of hydrogen-bond acceptors (Lipinski definition) is 4. The first kappa shape index (κ1) is 13.0. The van der Waals surface area contributed by atoms with E-state index in [9.17, 15) is 4.79 Å². The smallest absolute Gasteiger partial charge is 0.358 e. The molecule has 1 fully saturated rings. The van der Waals surface area contributed by atoms with Crippen molar-refractivity contribution in [2.45, 2.75) is 32.7 Å². The molecule has 6 nitrogen and oxygen atoms in total. The molecule has 1 aliphatic rings. The molecule has 2 unspecified atom stereocenters. The van der Waals surface area contributed by atoms with Crippen molar-refractivity contribution in [1.82, 2.24) is 20.3 Å². The van der Waals surface area contributed by atoms with E-state index in [1.54, 1.807) is 4.68 Å². The van der Waals surface area contributed by atoms with Crippen molar-refractivity contribution in [1.29, 1.82) is 0 Å². The second-order valence-electron chi connectivity index (χ2n) is 5.04. The van der Waals surface area contributed by atoms with Gasteiger partial charge in [-0.25, -0.2) is 4.79 Å². The lowest BCUT2D eigenvalue weighted by Crippen LogP contribution is -2.27. The number of carbonyl (C=O) groups is 1. The highest BCUT2D eigenvalue weighted by Crippen LogP contribution is 2.30.